The van der Waals surface area contributed by atoms with Crippen LogP contribution in [0.2, 0.25) is 0 Å². The van der Waals surface area contributed by atoms with Crippen molar-refractivity contribution < 1.29 is 0 Å². The van der Waals surface area contributed by atoms with Crippen molar-refractivity contribution in [3.05, 3.63) is 47.8 Å². The fraction of sp³-hybridized carbons (Fsp3) is 0.250. The first kappa shape index (κ1) is 13.5. The van der Waals surface area contributed by atoms with Crippen LogP contribution in [-0.2, 0) is 0 Å². The van der Waals surface area contributed by atoms with Crippen molar-refractivity contribution >= 4 is 28.1 Å². The van der Waals surface area contributed by atoms with Gasteiger partial charge in [-0.25, -0.2) is 0 Å². The Balaban J connectivity index is 2.38. The molecule has 0 saturated heterocycles. The van der Waals surface area contributed by atoms with Gasteiger partial charge in [0.25, 0.3) is 0 Å². The highest BCUT2D eigenvalue weighted by molar-refractivity contribution is 6.17. The van der Waals surface area contributed by atoms with Gasteiger partial charge in [0.2, 0.25) is 0 Å². The van der Waals surface area contributed by atoms with Crippen molar-refractivity contribution in [2.45, 2.75) is 19.3 Å². The number of fused-ring (bicyclic) bond motifs is 1. The first-order valence-corrected chi connectivity index (χ1v) is 6.80. The van der Waals surface area contributed by atoms with Crippen molar-refractivity contribution in [2.24, 2.45) is 0 Å². The fourth-order valence-electron chi connectivity index (χ4n) is 2.15. The third-order valence-electron chi connectivity index (χ3n) is 3.16. The molecule has 0 radical (unpaired) electrons. The zero-order valence-electron chi connectivity index (χ0n) is 10.7. The van der Waals surface area contributed by atoms with E-state index in [-0.39, 0.29) is 0 Å². The van der Waals surface area contributed by atoms with Crippen LogP contribution in [0.25, 0.3) is 16.5 Å². The molecule has 0 aliphatic rings. The average molecular weight is 271 g/mol. The van der Waals surface area contributed by atoms with Crippen LogP contribution in [0.1, 0.15) is 30.4 Å². The Kier molecular flexibility index (Phi) is 4.47. The molecule has 0 fully saturated rings. The number of hydrogen-bond acceptors (Lipinski definition) is 1. The smallest absolute Gasteiger partial charge is 0.0991 e. The number of benzene rings is 1. The van der Waals surface area contributed by atoms with Gasteiger partial charge in [-0.2, -0.15) is 5.26 Å². The Hall–Kier alpha value is -1.94. The molecule has 3 heteroatoms. The summed E-state index contributed by atoms with van der Waals surface area (Å²) in [7, 11) is 0. The second-order valence-corrected chi connectivity index (χ2v) is 4.75. The largest absolute Gasteiger partial charge is 0.361 e. The van der Waals surface area contributed by atoms with E-state index >= 15 is 0 Å². The first-order chi connectivity index (χ1) is 9.30. The third kappa shape index (κ3) is 2.90. The molecule has 0 atom stereocenters. The molecular weight excluding hydrogens is 256 g/mol. The number of aromatic nitrogens is 1. The molecule has 0 bridgehead atoms. The molecule has 0 unspecified atom stereocenters. The maximum atomic E-state index is 8.98. The molecule has 0 spiro atoms. The summed E-state index contributed by atoms with van der Waals surface area (Å²) in [5, 5.41) is 10.0. The highest BCUT2D eigenvalue weighted by Crippen LogP contribution is 2.28. The normalized spacial score (nSPS) is 10.1. The monoisotopic (exact) mass is 270 g/mol. The lowest BCUT2D eigenvalue weighted by atomic mass is 10.00. The van der Waals surface area contributed by atoms with Gasteiger partial charge in [0.05, 0.1) is 11.6 Å². The second kappa shape index (κ2) is 6.29. The molecule has 2 aromatic rings. The predicted molar refractivity (Wildman–Crippen MR) is 80.1 cm³/mol. The second-order valence-electron chi connectivity index (χ2n) is 4.38. The summed E-state index contributed by atoms with van der Waals surface area (Å²) in [4.78, 5) is 3.22. The molecule has 0 aliphatic heterocycles. The quantitative estimate of drug-likeness (QED) is 0.481. The van der Waals surface area contributed by atoms with Crippen molar-refractivity contribution in [1.82, 2.24) is 4.98 Å². The Morgan fingerprint density at radius 1 is 1.37 bits per heavy atom. The van der Waals surface area contributed by atoms with Gasteiger partial charge in [-0.05, 0) is 37.5 Å². The molecule has 96 valence electrons. The number of aromatic amines is 1. The summed E-state index contributed by atoms with van der Waals surface area (Å²) >= 11 is 5.70. The number of nitrogens with zero attached hydrogens (tertiary/aromatic N) is 1. The van der Waals surface area contributed by atoms with Crippen molar-refractivity contribution in [3.8, 4) is 6.07 Å². The molecule has 1 heterocycles. The maximum Gasteiger partial charge on any atom is 0.0991 e. The van der Waals surface area contributed by atoms with Crippen LogP contribution in [0.5, 0.6) is 0 Å². The number of H-pyrrole nitrogens is 1. The van der Waals surface area contributed by atoms with E-state index in [2.05, 4.69) is 23.4 Å². The minimum absolute atomic E-state index is 0.664. The highest BCUT2D eigenvalue weighted by atomic mass is 35.5. The fourth-order valence-corrected chi connectivity index (χ4v) is 2.34. The van der Waals surface area contributed by atoms with Crippen LogP contribution < -0.4 is 0 Å². The van der Waals surface area contributed by atoms with Crippen LogP contribution in [0.3, 0.4) is 0 Å². The van der Waals surface area contributed by atoms with Gasteiger partial charge < -0.3 is 4.98 Å². The summed E-state index contributed by atoms with van der Waals surface area (Å²) in [6.07, 6.45) is 4.87. The molecule has 0 aliphatic carbocycles. The number of hydrogen-bond donors (Lipinski definition) is 1. The van der Waals surface area contributed by atoms with E-state index in [1.807, 2.05) is 24.4 Å². The lowest BCUT2D eigenvalue weighted by Gasteiger charge is -2.03. The standard InChI is InChI=1S/C16H15ClN2/c1-2-13(5-3-4-8-17)15-11-19-16-7-6-12(10-18)9-14(15)16/h6-7,9,11,19H,1,3-5,8H2. The van der Waals surface area contributed by atoms with Crippen LogP contribution >= 0.6 is 11.6 Å². The van der Waals surface area contributed by atoms with Crippen molar-refractivity contribution in [3.63, 3.8) is 0 Å². The molecule has 19 heavy (non-hydrogen) atoms. The zero-order valence-corrected chi connectivity index (χ0v) is 11.4. The lowest BCUT2D eigenvalue weighted by Crippen LogP contribution is -1.84. The molecule has 2 rings (SSSR count). The van der Waals surface area contributed by atoms with E-state index in [0.29, 0.717) is 11.4 Å². The van der Waals surface area contributed by atoms with Crippen LogP contribution in [0, 0.1) is 11.3 Å². The molecule has 1 aromatic heterocycles. The minimum Gasteiger partial charge on any atom is -0.361 e. The molecule has 0 saturated carbocycles. The molecule has 0 amide bonds. The number of allylic oxidation sites excluding steroid dienone is 1. The SMILES string of the molecule is C=C=C(CCCCCl)c1c[nH]c2ccc(C#N)cc12. The summed E-state index contributed by atoms with van der Waals surface area (Å²) in [5.41, 5.74) is 6.86. The van der Waals surface area contributed by atoms with Gasteiger partial charge in [0, 0.05) is 34.1 Å². The van der Waals surface area contributed by atoms with Crippen LogP contribution in [-0.4, -0.2) is 10.9 Å². The highest BCUT2D eigenvalue weighted by Gasteiger charge is 2.09. The molecule has 2 nitrogen and oxygen atoms in total. The zero-order chi connectivity index (χ0) is 13.7. The van der Waals surface area contributed by atoms with Gasteiger partial charge in [0.15, 0.2) is 0 Å². The Morgan fingerprint density at radius 3 is 2.89 bits per heavy atom. The van der Waals surface area contributed by atoms with Gasteiger partial charge in [-0.3, -0.25) is 0 Å². The molecular formula is C16H15ClN2. The van der Waals surface area contributed by atoms with E-state index in [9.17, 15) is 0 Å². The summed E-state index contributed by atoms with van der Waals surface area (Å²) in [5.74, 6) is 0.677. The lowest BCUT2D eigenvalue weighted by molar-refractivity contribution is 0.830. The minimum atomic E-state index is 0.664. The first-order valence-electron chi connectivity index (χ1n) is 6.26. The number of nitrogens with one attached hydrogen (secondary N) is 1. The summed E-state index contributed by atoms with van der Waals surface area (Å²) in [6.45, 7) is 3.77. The predicted octanol–water partition coefficient (Wildman–Crippen LogP) is 4.62. The Morgan fingerprint density at radius 2 is 2.21 bits per heavy atom. The van der Waals surface area contributed by atoms with Crippen molar-refractivity contribution in [1.29, 1.82) is 5.26 Å². The molecule has 1 aromatic carbocycles. The Labute approximate surface area is 118 Å². The van der Waals surface area contributed by atoms with Gasteiger partial charge >= 0.3 is 0 Å². The number of rotatable bonds is 5. The third-order valence-corrected chi connectivity index (χ3v) is 3.43. The summed E-state index contributed by atoms with van der Waals surface area (Å²) in [6, 6.07) is 7.81. The van der Waals surface area contributed by atoms with E-state index in [1.165, 1.54) is 0 Å². The van der Waals surface area contributed by atoms with Gasteiger partial charge in [-0.15, -0.1) is 17.3 Å². The van der Waals surface area contributed by atoms with E-state index in [1.54, 1.807) is 0 Å². The number of unbranched alkanes of at least 4 members (excludes halogenated alkanes) is 1. The topological polar surface area (TPSA) is 39.6 Å². The Bertz CT molecular complexity index is 670. The van der Waals surface area contributed by atoms with Crippen LogP contribution in [0.15, 0.2) is 36.7 Å². The maximum absolute atomic E-state index is 8.98. The van der Waals surface area contributed by atoms with Gasteiger partial charge in [0.1, 0.15) is 0 Å². The van der Waals surface area contributed by atoms with E-state index < -0.39 is 0 Å². The number of alkyl halides is 1. The van der Waals surface area contributed by atoms with Crippen molar-refractivity contribution in [2.75, 3.05) is 5.88 Å². The molecule has 1 N–H and O–H groups in total. The summed E-state index contributed by atoms with van der Waals surface area (Å²) < 4.78 is 0. The van der Waals surface area contributed by atoms with Crippen LogP contribution in [0.4, 0.5) is 0 Å². The van der Waals surface area contributed by atoms with E-state index in [0.717, 1.165) is 41.3 Å². The van der Waals surface area contributed by atoms with Gasteiger partial charge in [-0.1, -0.05) is 6.58 Å². The average Bonchev–Trinajstić information content (AvgIpc) is 2.86. The van der Waals surface area contributed by atoms with E-state index in [4.69, 9.17) is 16.9 Å². The number of nitriles is 1. The number of halogens is 1.